The van der Waals surface area contributed by atoms with Crippen LogP contribution in [0.5, 0.6) is 0 Å². The van der Waals surface area contributed by atoms with Gasteiger partial charge in [0.1, 0.15) is 6.04 Å². The number of aliphatic carboxylic acids is 1. The predicted octanol–water partition coefficient (Wildman–Crippen LogP) is -0.763. The monoisotopic (exact) mass is 190 g/mol. The zero-order valence-electron chi connectivity index (χ0n) is 8.41. The molecule has 0 radical (unpaired) electrons. The van der Waals surface area contributed by atoms with Gasteiger partial charge in [-0.25, -0.2) is 0 Å². The third-order valence-electron chi connectivity index (χ3n) is 1.58. The quantitative estimate of drug-likeness (QED) is 0.552. The first-order valence-electron chi connectivity index (χ1n) is 4.17. The molecule has 5 heteroatoms. The van der Waals surface area contributed by atoms with E-state index < -0.39 is 12.0 Å². The topological polar surface area (TPSA) is 61.8 Å². The maximum absolute atomic E-state index is 10.6. The number of carbonyl (C=O) groups is 1. The summed E-state index contributed by atoms with van der Waals surface area (Å²) in [6, 6.07) is -0.607. The fourth-order valence-electron chi connectivity index (χ4n) is 0.847. The SMILES string of the molecule is COCC(NCCN(C)C)C(=O)O. The third kappa shape index (κ3) is 6.51. The fourth-order valence-corrected chi connectivity index (χ4v) is 0.847. The molecule has 1 unspecified atom stereocenters. The lowest BCUT2D eigenvalue weighted by Crippen LogP contribution is -2.43. The molecule has 0 aromatic rings. The molecule has 0 aliphatic carbocycles. The number of ether oxygens (including phenoxy) is 1. The standard InChI is InChI=1S/C8H18N2O3/c1-10(2)5-4-9-7(6-13-3)8(11)12/h7,9H,4-6H2,1-3H3,(H,11,12). The van der Waals surface area contributed by atoms with Gasteiger partial charge >= 0.3 is 5.97 Å². The largest absolute Gasteiger partial charge is 0.480 e. The highest BCUT2D eigenvalue weighted by Gasteiger charge is 2.15. The smallest absolute Gasteiger partial charge is 0.323 e. The number of hydrogen-bond acceptors (Lipinski definition) is 4. The molecule has 78 valence electrons. The van der Waals surface area contributed by atoms with Gasteiger partial charge in [-0.15, -0.1) is 0 Å². The van der Waals surface area contributed by atoms with E-state index in [1.807, 2.05) is 19.0 Å². The van der Waals surface area contributed by atoms with Crippen molar-refractivity contribution in [3.8, 4) is 0 Å². The molecule has 0 aromatic carbocycles. The zero-order chi connectivity index (χ0) is 10.3. The molecule has 0 saturated heterocycles. The second kappa shape index (κ2) is 6.82. The molecule has 0 aromatic heterocycles. The van der Waals surface area contributed by atoms with Crippen LogP contribution >= 0.6 is 0 Å². The van der Waals surface area contributed by atoms with E-state index in [9.17, 15) is 4.79 Å². The Morgan fingerprint density at radius 2 is 2.23 bits per heavy atom. The van der Waals surface area contributed by atoms with Crippen LogP contribution in [0.25, 0.3) is 0 Å². The van der Waals surface area contributed by atoms with Gasteiger partial charge in [-0.3, -0.25) is 4.79 Å². The van der Waals surface area contributed by atoms with E-state index in [2.05, 4.69) is 5.32 Å². The maximum Gasteiger partial charge on any atom is 0.323 e. The van der Waals surface area contributed by atoms with Crippen molar-refractivity contribution < 1.29 is 14.6 Å². The Hall–Kier alpha value is -0.650. The molecule has 0 fully saturated rings. The van der Waals surface area contributed by atoms with Gasteiger partial charge in [0.05, 0.1) is 6.61 Å². The fraction of sp³-hybridized carbons (Fsp3) is 0.875. The second-order valence-electron chi connectivity index (χ2n) is 3.10. The van der Waals surface area contributed by atoms with Gasteiger partial charge in [-0.2, -0.15) is 0 Å². The molecular formula is C8H18N2O3. The molecule has 0 aliphatic rings. The van der Waals surface area contributed by atoms with E-state index >= 15 is 0 Å². The van der Waals surface area contributed by atoms with E-state index in [0.717, 1.165) is 6.54 Å². The van der Waals surface area contributed by atoms with Crippen LogP contribution in [0.4, 0.5) is 0 Å². The van der Waals surface area contributed by atoms with Crippen LogP contribution in [0.1, 0.15) is 0 Å². The van der Waals surface area contributed by atoms with Crippen LogP contribution < -0.4 is 5.32 Å². The molecule has 0 heterocycles. The third-order valence-corrected chi connectivity index (χ3v) is 1.58. The minimum absolute atomic E-state index is 0.197. The summed E-state index contributed by atoms with van der Waals surface area (Å²) >= 11 is 0. The molecule has 1 atom stereocenters. The van der Waals surface area contributed by atoms with E-state index in [4.69, 9.17) is 9.84 Å². The molecule has 2 N–H and O–H groups in total. The average molecular weight is 190 g/mol. The second-order valence-corrected chi connectivity index (χ2v) is 3.10. The van der Waals surface area contributed by atoms with Crippen LogP contribution in [0, 0.1) is 0 Å². The summed E-state index contributed by atoms with van der Waals surface area (Å²) in [4.78, 5) is 12.6. The summed E-state index contributed by atoms with van der Waals surface area (Å²) in [5.41, 5.74) is 0. The van der Waals surface area contributed by atoms with Crippen LogP contribution in [-0.4, -0.2) is 62.9 Å². The Bertz CT molecular complexity index is 150. The van der Waals surface area contributed by atoms with Gasteiger partial charge in [0.15, 0.2) is 0 Å². The van der Waals surface area contributed by atoms with Gasteiger partial charge in [-0.1, -0.05) is 0 Å². The Balaban J connectivity index is 3.63. The predicted molar refractivity (Wildman–Crippen MR) is 49.9 cm³/mol. The molecule has 0 rings (SSSR count). The summed E-state index contributed by atoms with van der Waals surface area (Å²) in [5.74, 6) is -0.874. The van der Waals surface area contributed by atoms with Gasteiger partial charge < -0.3 is 20.1 Å². The number of methoxy groups -OCH3 is 1. The van der Waals surface area contributed by atoms with Gasteiger partial charge in [0.25, 0.3) is 0 Å². The summed E-state index contributed by atoms with van der Waals surface area (Å²) < 4.78 is 4.77. The molecule has 5 nitrogen and oxygen atoms in total. The average Bonchev–Trinajstić information content (AvgIpc) is 2.02. The lowest BCUT2D eigenvalue weighted by atomic mass is 10.3. The van der Waals surface area contributed by atoms with Crippen molar-refractivity contribution in [2.24, 2.45) is 0 Å². The van der Waals surface area contributed by atoms with Gasteiger partial charge in [-0.05, 0) is 14.1 Å². The molecular weight excluding hydrogens is 172 g/mol. The highest BCUT2D eigenvalue weighted by molar-refractivity contribution is 5.73. The van der Waals surface area contributed by atoms with Gasteiger partial charge in [0.2, 0.25) is 0 Å². The minimum Gasteiger partial charge on any atom is -0.480 e. The van der Waals surface area contributed by atoms with Crippen molar-refractivity contribution in [3.63, 3.8) is 0 Å². The number of hydrogen-bond donors (Lipinski definition) is 2. The molecule has 13 heavy (non-hydrogen) atoms. The first-order chi connectivity index (χ1) is 6.07. The van der Waals surface area contributed by atoms with Crippen molar-refractivity contribution in [1.29, 1.82) is 0 Å². The summed E-state index contributed by atoms with van der Waals surface area (Å²) in [6.07, 6.45) is 0. The number of carboxylic acids is 1. The van der Waals surface area contributed by atoms with Crippen molar-refractivity contribution in [2.75, 3.05) is 40.9 Å². The molecule has 0 spiro atoms. The minimum atomic E-state index is -0.874. The van der Waals surface area contributed by atoms with Crippen LogP contribution in [0.15, 0.2) is 0 Å². The highest BCUT2D eigenvalue weighted by Crippen LogP contribution is 1.85. The molecule has 0 bridgehead atoms. The van der Waals surface area contributed by atoms with E-state index in [0.29, 0.717) is 6.54 Å². The van der Waals surface area contributed by atoms with E-state index in [-0.39, 0.29) is 6.61 Å². The Morgan fingerprint density at radius 1 is 1.62 bits per heavy atom. The lowest BCUT2D eigenvalue weighted by Gasteiger charge is -2.15. The van der Waals surface area contributed by atoms with Crippen molar-refractivity contribution >= 4 is 5.97 Å². The first-order valence-corrected chi connectivity index (χ1v) is 4.17. The van der Waals surface area contributed by atoms with Crippen molar-refractivity contribution in [2.45, 2.75) is 6.04 Å². The lowest BCUT2D eigenvalue weighted by molar-refractivity contribution is -0.140. The van der Waals surface area contributed by atoms with Crippen molar-refractivity contribution in [1.82, 2.24) is 10.2 Å². The summed E-state index contributed by atoms with van der Waals surface area (Å²) in [6.45, 7) is 1.66. The number of nitrogens with zero attached hydrogens (tertiary/aromatic N) is 1. The molecule has 0 amide bonds. The normalized spacial score (nSPS) is 13.2. The zero-order valence-corrected chi connectivity index (χ0v) is 8.41. The van der Waals surface area contributed by atoms with Crippen molar-refractivity contribution in [3.05, 3.63) is 0 Å². The summed E-state index contributed by atoms with van der Waals surface area (Å²) in [7, 11) is 5.37. The Morgan fingerprint density at radius 3 is 2.62 bits per heavy atom. The van der Waals surface area contributed by atoms with Gasteiger partial charge in [0, 0.05) is 20.2 Å². The highest BCUT2D eigenvalue weighted by atomic mass is 16.5. The summed E-state index contributed by atoms with van der Waals surface area (Å²) in [5, 5.41) is 11.6. The van der Waals surface area contributed by atoms with E-state index in [1.54, 1.807) is 0 Å². The van der Waals surface area contributed by atoms with Crippen LogP contribution in [0.2, 0.25) is 0 Å². The Labute approximate surface area is 78.7 Å². The number of likely N-dealkylation sites (N-methyl/N-ethyl adjacent to an activating group) is 1. The number of rotatable bonds is 7. The van der Waals surface area contributed by atoms with E-state index in [1.165, 1.54) is 7.11 Å². The maximum atomic E-state index is 10.6. The number of nitrogens with one attached hydrogen (secondary N) is 1. The number of carboxylic acid groups (broad SMARTS) is 1. The molecule has 0 aliphatic heterocycles. The van der Waals surface area contributed by atoms with Crippen LogP contribution in [-0.2, 0) is 9.53 Å². The Kier molecular flexibility index (Phi) is 6.48. The molecule has 0 saturated carbocycles. The van der Waals surface area contributed by atoms with Crippen LogP contribution in [0.3, 0.4) is 0 Å². The first kappa shape index (κ1) is 12.3.